The quantitative estimate of drug-likeness (QED) is 0.0149. The van der Waals surface area contributed by atoms with Crippen molar-refractivity contribution in [2.24, 2.45) is 0 Å². The maximum absolute atomic E-state index is 12.7. The number of rotatable bonds is 38. The van der Waals surface area contributed by atoms with Gasteiger partial charge in [-0.25, -0.2) is 0 Å². The summed E-state index contributed by atoms with van der Waals surface area (Å²) in [4.78, 5) is 37.6. The second-order valence-corrected chi connectivity index (χ2v) is 17.5. The van der Waals surface area contributed by atoms with Gasteiger partial charge >= 0.3 is 11.9 Å². The molecule has 1 rings (SSSR count). The van der Waals surface area contributed by atoms with Crippen molar-refractivity contribution < 1.29 is 46.8 Å². The van der Waals surface area contributed by atoms with Gasteiger partial charge in [-0.3, -0.25) is 14.2 Å². The zero-order valence-corrected chi connectivity index (χ0v) is 37.4. The zero-order chi connectivity index (χ0) is 41.9. The Bertz CT molecular complexity index is 1220. The fourth-order valence-electron chi connectivity index (χ4n) is 5.78. The summed E-state index contributed by atoms with van der Waals surface area (Å²) in [6.07, 6.45) is 42.7. The second-order valence-electron chi connectivity index (χ2n) is 16.1. The minimum atomic E-state index is -4.65. The van der Waals surface area contributed by atoms with Gasteiger partial charge in [0.05, 0.1) is 40.0 Å². The van der Waals surface area contributed by atoms with E-state index in [1.54, 1.807) is 0 Å². The Balaban J connectivity index is 2.35. The van der Waals surface area contributed by atoms with Gasteiger partial charge in [0.15, 0.2) is 6.10 Å². The van der Waals surface area contributed by atoms with Gasteiger partial charge in [-0.05, 0) is 83.5 Å². The van der Waals surface area contributed by atoms with Crippen LogP contribution in [0.3, 0.4) is 0 Å². The highest BCUT2D eigenvalue weighted by Gasteiger charge is 2.36. The monoisotopic (exact) mass is 822 g/mol. The van der Waals surface area contributed by atoms with Crippen molar-refractivity contribution in [2.45, 2.75) is 173 Å². The number of nitrogens with zero attached hydrogens (tertiary/aromatic N) is 1. The standard InChI is InChI=1S/C46H80NO9P/c1-6-8-10-12-14-16-17-18-19-20-21-23-25-27-32-36-45(48)52-40-42(41-54-57(50,51)53-39-38-47(3,4)5)55-46(49)37-33-29-28-31-35-44-43(56-44)34-30-26-24-22-15-13-11-9-7-2/h14-16,18-19,22,26,28,30-31,42-44H,6-13,17,20-21,23-25,27,29,32-41H2,1-5H3/b16-14-,19-18-,22-15-,30-26-,31-28-/t42-,43?,44?/m1/s1. The van der Waals surface area contributed by atoms with E-state index in [0.29, 0.717) is 30.3 Å². The van der Waals surface area contributed by atoms with Gasteiger partial charge in [0, 0.05) is 12.8 Å². The molecule has 1 heterocycles. The highest BCUT2D eigenvalue weighted by molar-refractivity contribution is 7.45. The van der Waals surface area contributed by atoms with Crippen molar-refractivity contribution in [3.8, 4) is 0 Å². The number of quaternary nitrogens is 1. The first-order valence-corrected chi connectivity index (χ1v) is 23.6. The highest BCUT2D eigenvalue weighted by atomic mass is 31.2. The van der Waals surface area contributed by atoms with E-state index < -0.39 is 32.5 Å². The number of likely N-dealkylation sites (N-methyl/N-ethyl adjacent to an activating group) is 1. The van der Waals surface area contributed by atoms with Gasteiger partial charge in [0.25, 0.3) is 7.82 Å². The number of phosphoric acid groups is 1. The average Bonchev–Trinajstić information content (AvgIpc) is 3.92. The summed E-state index contributed by atoms with van der Waals surface area (Å²) in [5.41, 5.74) is 0. The van der Waals surface area contributed by atoms with Crippen molar-refractivity contribution in [3.63, 3.8) is 0 Å². The number of hydrogen-bond acceptors (Lipinski definition) is 9. The summed E-state index contributed by atoms with van der Waals surface area (Å²) in [5.74, 6) is -0.929. The molecule has 0 saturated carbocycles. The van der Waals surface area contributed by atoms with E-state index in [2.05, 4.69) is 68.5 Å². The predicted molar refractivity (Wildman–Crippen MR) is 231 cm³/mol. The van der Waals surface area contributed by atoms with Crippen LogP contribution in [0.15, 0.2) is 60.8 Å². The van der Waals surface area contributed by atoms with E-state index in [0.717, 1.165) is 64.2 Å². The van der Waals surface area contributed by atoms with Crippen LogP contribution in [-0.4, -0.2) is 82.2 Å². The maximum Gasteiger partial charge on any atom is 0.306 e. The molecular formula is C46H80NO9P. The number of carbonyl (C=O) groups is 2. The molecule has 0 aliphatic carbocycles. The Labute approximate surface area is 347 Å². The fraction of sp³-hybridized carbons (Fsp3) is 0.739. The lowest BCUT2D eigenvalue weighted by molar-refractivity contribution is -0.870. The van der Waals surface area contributed by atoms with Crippen LogP contribution in [0.4, 0.5) is 0 Å². The summed E-state index contributed by atoms with van der Waals surface area (Å²) < 4.78 is 39.6. The molecular weight excluding hydrogens is 741 g/mol. The van der Waals surface area contributed by atoms with Crippen LogP contribution in [0.5, 0.6) is 0 Å². The molecule has 3 unspecified atom stereocenters. The van der Waals surface area contributed by atoms with Gasteiger partial charge in [0.2, 0.25) is 0 Å². The number of allylic oxidation sites excluding steroid dienone is 8. The van der Waals surface area contributed by atoms with Gasteiger partial charge in [-0.1, -0.05) is 120 Å². The molecule has 0 N–H and O–H groups in total. The number of ether oxygens (including phenoxy) is 3. The third kappa shape index (κ3) is 35.3. The normalized spacial score (nSPS) is 17.7. The van der Waals surface area contributed by atoms with Gasteiger partial charge in [-0.15, -0.1) is 0 Å². The topological polar surface area (TPSA) is 124 Å². The summed E-state index contributed by atoms with van der Waals surface area (Å²) >= 11 is 0. The van der Waals surface area contributed by atoms with E-state index in [1.165, 1.54) is 44.9 Å². The van der Waals surface area contributed by atoms with Crippen molar-refractivity contribution in [1.29, 1.82) is 0 Å². The minimum absolute atomic E-state index is 0.0491. The molecule has 10 nitrogen and oxygen atoms in total. The summed E-state index contributed by atoms with van der Waals surface area (Å²) in [7, 11) is 1.10. The smallest absolute Gasteiger partial charge is 0.306 e. The fourth-order valence-corrected chi connectivity index (χ4v) is 6.50. The molecule has 0 radical (unpaired) electrons. The van der Waals surface area contributed by atoms with Gasteiger partial charge < -0.3 is 32.6 Å². The molecule has 0 bridgehead atoms. The van der Waals surface area contributed by atoms with Crippen LogP contribution in [0.1, 0.15) is 155 Å². The SMILES string of the molecule is CCCCC/C=C\C/C=C\CCCCCCCC(=O)OC[C@H](COP(=O)([O-])OCC[N+](C)(C)C)OC(=O)CCC/C=C\CC1OC1C/C=C\C/C=C\CCCCC. The van der Waals surface area contributed by atoms with E-state index in [4.69, 9.17) is 23.3 Å². The van der Waals surface area contributed by atoms with Crippen LogP contribution in [0.2, 0.25) is 0 Å². The molecule has 0 spiro atoms. The third-order valence-corrected chi connectivity index (χ3v) is 10.4. The average molecular weight is 822 g/mol. The third-order valence-electron chi connectivity index (χ3n) is 9.41. The Kier molecular flexibility index (Phi) is 31.9. The molecule has 328 valence electrons. The number of unbranched alkanes of at least 4 members (excludes halogenated alkanes) is 12. The highest BCUT2D eigenvalue weighted by Crippen LogP contribution is 2.38. The summed E-state index contributed by atoms with van der Waals surface area (Å²) in [5, 5.41) is 0. The number of carbonyl (C=O) groups excluding carboxylic acids is 2. The van der Waals surface area contributed by atoms with Crippen molar-refractivity contribution in [2.75, 3.05) is 47.5 Å². The number of epoxide rings is 1. The Morgan fingerprint density at radius 1 is 0.632 bits per heavy atom. The first-order chi connectivity index (χ1) is 27.5. The van der Waals surface area contributed by atoms with Gasteiger partial charge in [-0.2, -0.15) is 0 Å². The van der Waals surface area contributed by atoms with Crippen LogP contribution in [-0.2, 0) is 37.4 Å². The van der Waals surface area contributed by atoms with Crippen LogP contribution in [0.25, 0.3) is 0 Å². The number of hydrogen-bond donors (Lipinski definition) is 0. The van der Waals surface area contributed by atoms with Crippen molar-refractivity contribution >= 4 is 19.8 Å². The predicted octanol–water partition coefficient (Wildman–Crippen LogP) is 10.8. The molecule has 0 aromatic carbocycles. The van der Waals surface area contributed by atoms with Crippen LogP contribution >= 0.6 is 7.82 Å². The number of esters is 2. The molecule has 0 aromatic rings. The number of phosphoric ester groups is 1. The first-order valence-electron chi connectivity index (χ1n) is 22.1. The first kappa shape index (κ1) is 52.7. The van der Waals surface area contributed by atoms with E-state index >= 15 is 0 Å². The van der Waals surface area contributed by atoms with Crippen LogP contribution in [0, 0.1) is 0 Å². The Hall–Kier alpha value is -2.33. The lowest BCUT2D eigenvalue weighted by Gasteiger charge is -2.28. The van der Waals surface area contributed by atoms with Gasteiger partial charge in [0.1, 0.15) is 19.8 Å². The molecule has 1 saturated heterocycles. The Morgan fingerprint density at radius 2 is 1.12 bits per heavy atom. The summed E-state index contributed by atoms with van der Waals surface area (Å²) in [6.45, 7) is 4.06. The molecule has 57 heavy (non-hydrogen) atoms. The molecule has 0 amide bonds. The molecule has 11 heteroatoms. The minimum Gasteiger partial charge on any atom is -0.756 e. The molecule has 1 aliphatic rings. The maximum atomic E-state index is 12.7. The molecule has 4 atom stereocenters. The summed E-state index contributed by atoms with van der Waals surface area (Å²) in [6, 6.07) is 0. The van der Waals surface area contributed by atoms with E-state index in [9.17, 15) is 19.0 Å². The zero-order valence-electron chi connectivity index (χ0n) is 36.5. The molecule has 0 aromatic heterocycles. The van der Waals surface area contributed by atoms with Crippen molar-refractivity contribution in [1.82, 2.24) is 0 Å². The molecule has 1 fully saturated rings. The van der Waals surface area contributed by atoms with Crippen LogP contribution < -0.4 is 4.89 Å². The van der Waals surface area contributed by atoms with E-state index in [-0.39, 0.29) is 38.3 Å². The lowest BCUT2D eigenvalue weighted by atomic mass is 10.1. The largest absolute Gasteiger partial charge is 0.756 e. The van der Waals surface area contributed by atoms with E-state index in [1.807, 2.05) is 27.2 Å². The Morgan fingerprint density at radius 3 is 1.72 bits per heavy atom. The van der Waals surface area contributed by atoms with Crippen molar-refractivity contribution in [3.05, 3.63) is 60.8 Å². The second kappa shape index (κ2) is 34.5. The lowest BCUT2D eigenvalue weighted by Crippen LogP contribution is -2.37. The molecule has 1 aliphatic heterocycles.